The van der Waals surface area contributed by atoms with Gasteiger partial charge < -0.3 is 10.6 Å². The maximum Gasteiger partial charge on any atom is 0.353 e. The number of halogens is 2. The van der Waals surface area contributed by atoms with E-state index in [-0.39, 0.29) is 17.3 Å². The number of rotatable bonds is 7. The van der Waals surface area contributed by atoms with Gasteiger partial charge in [-0.1, -0.05) is 36.5 Å². The fourth-order valence-corrected chi connectivity index (χ4v) is 2.44. The average molecular weight is 356 g/mol. The highest BCUT2D eigenvalue weighted by molar-refractivity contribution is 6.35. The molecule has 0 unspecified atom stereocenters. The molecule has 0 bridgehead atoms. The van der Waals surface area contributed by atoms with E-state index >= 15 is 0 Å². The molecule has 0 amide bonds. The molecule has 0 aliphatic heterocycles. The molecule has 2 aromatic rings. The van der Waals surface area contributed by atoms with Crippen LogP contribution in [0.5, 0.6) is 0 Å². The zero-order valence-corrected chi connectivity index (χ0v) is 13.9. The van der Waals surface area contributed by atoms with Gasteiger partial charge >= 0.3 is 5.69 Å². The molecule has 9 heteroatoms. The second kappa shape index (κ2) is 7.94. The predicted octanol–water partition coefficient (Wildman–Crippen LogP) is 4.65. The van der Waals surface area contributed by atoms with Crippen LogP contribution in [0.15, 0.2) is 24.5 Å². The Morgan fingerprint density at radius 3 is 2.43 bits per heavy atom. The van der Waals surface area contributed by atoms with Gasteiger partial charge in [0.2, 0.25) is 11.6 Å². The molecule has 0 aliphatic carbocycles. The van der Waals surface area contributed by atoms with Gasteiger partial charge in [0.15, 0.2) is 0 Å². The van der Waals surface area contributed by atoms with Crippen LogP contribution in [0.3, 0.4) is 0 Å². The van der Waals surface area contributed by atoms with Crippen molar-refractivity contribution < 1.29 is 4.92 Å². The van der Waals surface area contributed by atoms with E-state index < -0.39 is 4.92 Å². The quantitative estimate of drug-likeness (QED) is 0.426. The van der Waals surface area contributed by atoms with E-state index in [9.17, 15) is 10.1 Å². The van der Waals surface area contributed by atoms with Gasteiger partial charge in [-0.3, -0.25) is 10.1 Å². The Hall–Kier alpha value is -2.12. The Labute approximate surface area is 143 Å². The molecule has 0 atom stereocenters. The van der Waals surface area contributed by atoms with E-state index in [1.165, 1.54) is 6.33 Å². The summed E-state index contributed by atoms with van der Waals surface area (Å²) in [7, 11) is 0. The highest BCUT2D eigenvalue weighted by Gasteiger charge is 2.23. The molecule has 7 nitrogen and oxygen atoms in total. The van der Waals surface area contributed by atoms with Crippen LogP contribution in [0.4, 0.5) is 23.0 Å². The molecule has 0 saturated carbocycles. The van der Waals surface area contributed by atoms with Crippen molar-refractivity contribution in [2.24, 2.45) is 0 Å². The largest absolute Gasteiger partial charge is 0.364 e. The van der Waals surface area contributed by atoms with Gasteiger partial charge in [-0.2, -0.15) is 0 Å². The van der Waals surface area contributed by atoms with Gasteiger partial charge in [0.05, 0.1) is 4.92 Å². The Kier molecular flexibility index (Phi) is 5.95. The monoisotopic (exact) mass is 355 g/mol. The number of aromatic nitrogens is 2. The number of anilines is 3. The third-order valence-electron chi connectivity index (χ3n) is 2.95. The van der Waals surface area contributed by atoms with Crippen molar-refractivity contribution >= 4 is 46.2 Å². The number of hydrogen-bond donors (Lipinski definition) is 2. The third-order valence-corrected chi connectivity index (χ3v) is 3.39. The van der Waals surface area contributed by atoms with Gasteiger partial charge in [0.1, 0.15) is 6.33 Å². The Morgan fingerprint density at radius 2 is 1.83 bits per heavy atom. The van der Waals surface area contributed by atoms with Gasteiger partial charge in [0.25, 0.3) is 0 Å². The predicted molar refractivity (Wildman–Crippen MR) is 91.8 cm³/mol. The Bertz CT molecular complexity index is 691. The molecule has 0 saturated heterocycles. The summed E-state index contributed by atoms with van der Waals surface area (Å²) in [4.78, 5) is 18.8. The number of nitrogens with zero attached hydrogens (tertiary/aromatic N) is 3. The molecule has 1 aromatic heterocycles. The third kappa shape index (κ3) is 4.67. The zero-order chi connectivity index (χ0) is 16.8. The van der Waals surface area contributed by atoms with Crippen LogP contribution in [0, 0.1) is 10.1 Å². The van der Waals surface area contributed by atoms with E-state index in [4.69, 9.17) is 23.2 Å². The normalized spacial score (nSPS) is 10.4. The number of nitro groups is 1. The van der Waals surface area contributed by atoms with Gasteiger partial charge in [0, 0.05) is 22.3 Å². The van der Waals surface area contributed by atoms with Gasteiger partial charge in [-0.25, -0.2) is 9.97 Å². The van der Waals surface area contributed by atoms with Crippen molar-refractivity contribution in [3.05, 3.63) is 44.7 Å². The lowest BCUT2D eigenvalue weighted by Crippen LogP contribution is -2.09. The van der Waals surface area contributed by atoms with Crippen LogP contribution in [-0.4, -0.2) is 21.4 Å². The van der Waals surface area contributed by atoms with Crippen molar-refractivity contribution in [3.63, 3.8) is 0 Å². The molecular weight excluding hydrogens is 341 g/mol. The molecule has 23 heavy (non-hydrogen) atoms. The standard InChI is InChI=1S/C14H15Cl2N5O2/c1-2-3-4-17-13-12(21(22)23)14(19-8-18-13)20-11-6-9(15)5-10(16)7-11/h5-8H,2-4H2,1H3,(H2,17,18,19,20). The summed E-state index contributed by atoms with van der Waals surface area (Å²) in [6.07, 6.45) is 3.11. The first-order valence-electron chi connectivity index (χ1n) is 6.97. The van der Waals surface area contributed by atoms with Crippen molar-refractivity contribution in [2.75, 3.05) is 17.2 Å². The summed E-state index contributed by atoms with van der Waals surface area (Å²) in [5, 5.41) is 18.0. The fourth-order valence-electron chi connectivity index (χ4n) is 1.92. The van der Waals surface area contributed by atoms with E-state index in [2.05, 4.69) is 20.6 Å². The zero-order valence-electron chi connectivity index (χ0n) is 12.3. The maximum absolute atomic E-state index is 11.4. The molecule has 2 rings (SSSR count). The number of hydrogen-bond acceptors (Lipinski definition) is 6. The topological polar surface area (TPSA) is 93.0 Å². The van der Waals surface area contributed by atoms with Crippen molar-refractivity contribution in [1.29, 1.82) is 0 Å². The highest BCUT2D eigenvalue weighted by Crippen LogP contribution is 2.32. The summed E-state index contributed by atoms with van der Waals surface area (Å²) < 4.78 is 0. The molecule has 2 N–H and O–H groups in total. The second-order valence-electron chi connectivity index (χ2n) is 4.74. The van der Waals surface area contributed by atoms with Crippen LogP contribution < -0.4 is 10.6 Å². The minimum Gasteiger partial charge on any atom is -0.364 e. The van der Waals surface area contributed by atoms with Crippen LogP contribution >= 0.6 is 23.2 Å². The highest BCUT2D eigenvalue weighted by atomic mass is 35.5. The lowest BCUT2D eigenvalue weighted by Gasteiger charge is -2.10. The van der Waals surface area contributed by atoms with Crippen LogP contribution in [0.2, 0.25) is 10.0 Å². The Morgan fingerprint density at radius 1 is 1.17 bits per heavy atom. The smallest absolute Gasteiger partial charge is 0.353 e. The molecule has 1 aromatic carbocycles. The fraction of sp³-hybridized carbons (Fsp3) is 0.286. The number of unbranched alkanes of at least 4 members (excludes halogenated alkanes) is 1. The lowest BCUT2D eigenvalue weighted by atomic mass is 10.3. The first-order chi connectivity index (χ1) is 11.0. The van der Waals surface area contributed by atoms with Crippen LogP contribution in [-0.2, 0) is 0 Å². The van der Waals surface area contributed by atoms with Crippen molar-refractivity contribution in [2.45, 2.75) is 19.8 Å². The molecule has 0 spiro atoms. The van der Waals surface area contributed by atoms with E-state index in [0.717, 1.165) is 12.8 Å². The first kappa shape index (κ1) is 17.2. The van der Waals surface area contributed by atoms with Crippen LogP contribution in [0.25, 0.3) is 0 Å². The maximum atomic E-state index is 11.4. The second-order valence-corrected chi connectivity index (χ2v) is 5.61. The minimum absolute atomic E-state index is 0.0716. The summed E-state index contributed by atoms with van der Waals surface area (Å²) in [6, 6.07) is 4.77. The van der Waals surface area contributed by atoms with Crippen molar-refractivity contribution in [3.8, 4) is 0 Å². The molecule has 122 valence electrons. The molecule has 1 heterocycles. The SMILES string of the molecule is CCCCNc1ncnc(Nc2cc(Cl)cc(Cl)c2)c1[N+](=O)[O-]. The van der Waals surface area contributed by atoms with Gasteiger partial charge in [-0.05, 0) is 24.6 Å². The Balaban J connectivity index is 2.33. The summed E-state index contributed by atoms with van der Waals surface area (Å²) in [5.41, 5.74) is 0.281. The average Bonchev–Trinajstić information content (AvgIpc) is 2.46. The lowest BCUT2D eigenvalue weighted by molar-refractivity contribution is -0.383. The minimum atomic E-state index is -0.525. The number of nitrogens with one attached hydrogen (secondary N) is 2. The molecule has 0 radical (unpaired) electrons. The molecule has 0 fully saturated rings. The number of benzene rings is 1. The van der Waals surface area contributed by atoms with E-state index in [0.29, 0.717) is 22.3 Å². The summed E-state index contributed by atoms with van der Waals surface area (Å²) in [5.74, 6) is 0.247. The van der Waals surface area contributed by atoms with Gasteiger partial charge in [-0.15, -0.1) is 0 Å². The van der Waals surface area contributed by atoms with Crippen molar-refractivity contribution in [1.82, 2.24) is 9.97 Å². The first-order valence-corrected chi connectivity index (χ1v) is 7.73. The van der Waals surface area contributed by atoms with Crippen LogP contribution in [0.1, 0.15) is 19.8 Å². The van der Waals surface area contributed by atoms with E-state index in [1.54, 1.807) is 18.2 Å². The summed E-state index contributed by atoms with van der Waals surface area (Å²) in [6.45, 7) is 2.63. The summed E-state index contributed by atoms with van der Waals surface area (Å²) >= 11 is 11.9. The van der Waals surface area contributed by atoms with E-state index in [1.807, 2.05) is 6.92 Å². The molecule has 0 aliphatic rings. The molecular formula is C14H15Cl2N5O2.